The molecule has 0 rings (SSSR count). The molecule has 0 amide bonds. The number of nitrogens with zero attached hydrogens (tertiary/aromatic N) is 1. The summed E-state index contributed by atoms with van der Waals surface area (Å²) in [5.41, 5.74) is 5.54. The van der Waals surface area contributed by atoms with Crippen molar-refractivity contribution in [2.75, 3.05) is 33.1 Å². The van der Waals surface area contributed by atoms with Gasteiger partial charge in [-0.1, -0.05) is 0 Å². The van der Waals surface area contributed by atoms with E-state index in [0.29, 0.717) is 0 Å². The number of hydrogen-bond acceptors (Lipinski definition) is 2. The number of unbranched alkanes of at least 4 members (excludes halogenated alkanes) is 1. The van der Waals surface area contributed by atoms with Gasteiger partial charge in [-0.05, 0) is 18.6 Å². The Morgan fingerprint density at radius 1 is 1.27 bits per heavy atom. The molecule has 0 saturated carbocycles. The van der Waals surface area contributed by atoms with Crippen LogP contribution in [0.25, 0.3) is 0 Å². The van der Waals surface area contributed by atoms with Gasteiger partial charge in [-0.25, -0.2) is 0 Å². The zero-order valence-electron chi connectivity index (χ0n) is 7.39. The molecule has 4 heteroatoms. The van der Waals surface area contributed by atoms with Crippen LogP contribution in [0.1, 0.15) is 12.8 Å². The molecular formula is C7H19BrN2S. The third-order valence-electron chi connectivity index (χ3n) is 1.67. The Morgan fingerprint density at radius 3 is 2.18 bits per heavy atom. The summed E-state index contributed by atoms with van der Waals surface area (Å²) in [6.07, 6.45) is 2.43. The Hall–Kier alpha value is 0.750. The topological polar surface area (TPSA) is 26.0 Å². The molecule has 0 heterocycles. The highest BCUT2D eigenvalue weighted by atomic mass is 79.9. The van der Waals surface area contributed by atoms with Crippen molar-refractivity contribution in [1.29, 1.82) is 0 Å². The second-order valence-electron chi connectivity index (χ2n) is 3.27. The van der Waals surface area contributed by atoms with Crippen molar-refractivity contribution < 1.29 is 21.5 Å². The summed E-state index contributed by atoms with van der Waals surface area (Å²) in [5, 5.41) is 0. The molecule has 0 bridgehead atoms. The molecule has 0 aliphatic carbocycles. The normalized spacial score (nSPS) is 10.9. The van der Waals surface area contributed by atoms with Crippen LogP contribution in [0.5, 0.6) is 0 Å². The largest absolute Gasteiger partial charge is 1.00 e. The van der Waals surface area contributed by atoms with Crippen LogP contribution in [-0.2, 0) is 0 Å². The first-order valence-corrected chi connectivity index (χ1v) is 4.38. The standard InChI is InChI=1S/C7H18N2S.BrH/c1-9(2,7-8)5-3-4-6-10;/h3-8H2,1-2H3;1H. The first-order valence-electron chi connectivity index (χ1n) is 3.75. The number of thiol groups is 1. The smallest absolute Gasteiger partial charge is 0.129 e. The van der Waals surface area contributed by atoms with Gasteiger partial charge in [-0.15, -0.1) is 0 Å². The molecule has 0 saturated heterocycles. The van der Waals surface area contributed by atoms with Crippen LogP contribution in [0.2, 0.25) is 0 Å². The Balaban J connectivity index is 0. The van der Waals surface area contributed by atoms with E-state index in [4.69, 9.17) is 5.73 Å². The minimum Gasteiger partial charge on any atom is -1.00 e. The Morgan fingerprint density at radius 2 is 1.82 bits per heavy atom. The van der Waals surface area contributed by atoms with Gasteiger partial charge in [0.05, 0.1) is 20.6 Å². The Bertz CT molecular complexity index is 88.5. The molecular weight excluding hydrogens is 224 g/mol. The highest BCUT2D eigenvalue weighted by Gasteiger charge is 2.09. The number of rotatable bonds is 5. The number of halogens is 1. The van der Waals surface area contributed by atoms with E-state index in [-0.39, 0.29) is 17.0 Å². The zero-order valence-corrected chi connectivity index (χ0v) is 9.87. The van der Waals surface area contributed by atoms with E-state index in [9.17, 15) is 0 Å². The van der Waals surface area contributed by atoms with Crippen LogP contribution >= 0.6 is 12.6 Å². The lowest BCUT2D eigenvalue weighted by Gasteiger charge is -2.27. The van der Waals surface area contributed by atoms with Gasteiger partial charge in [0.25, 0.3) is 0 Å². The number of quaternary nitrogens is 1. The van der Waals surface area contributed by atoms with Gasteiger partial charge in [-0.2, -0.15) is 12.6 Å². The van der Waals surface area contributed by atoms with E-state index in [1.807, 2.05) is 0 Å². The van der Waals surface area contributed by atoms with Crippen molar-refractivity contribution in [1.82, 2.24) is 0 Å². The highest BCUT2D eigenvalue weighted by molar-refractivity contribution is 7.80. The molecule has 0 aliphatic rings. The second kappa shape index (κ2) is 7.40. The summed E-state index contributed by atoms with van der Waals surface area (Å²) >= 11 is 4.14. The summed E-state index contributed by atoms with van der Waals surface area (Å²) in [4.78, 5) is 0. The van der Waals surface area contributed by atoms with Crippen LogP contribution in [0.3, 0.4) is 0 Å². The summed E-state index contributed by atoms with van der Waals surface area (Å²) in [6.45, 7) is 1.89. The molecule has 0 fully saturated rings. The minimum atomic E-state index is 0. The van der Waals surface area contributed by atoms with Gasteiger partial charge in [0.15, 0.2) is 0 Å². The molecule has 0 aromatic heterocycles. The molecule has 0 radical (unpaired) electrons. The van der Waals surface area contributed by atoms with E-state index >= 15 is 0 Å². The summed E-state index contributed by atoms with van der Waals surface area (Å²) in [5.74, 6) is 0.991. The highest BCUT2D eigenvalue weighted by Crippen LogP contribution is 1.99. The van der Waals surface area contributed by atoms with Crippen LogP contribution in [0.4, 0.5) is 0 Å². The van der Waals surface area contributed by atoms with Crippen molar-refractivity contribution in [3.05, 3.63) is 0 Å². The summed E-state index contributed by atoms with van der Waals surface area (Å²) < 4.78 is 0.924. The molecule has 2 N–H and O–H groups in total. The van der Waals surface area contributed by atoms with Crippen molar-refractivity contribution in [2.24, 2.45) is 5.73 Å². The average Bonchev–Trinajstić information content (AvgIpc) is 1.89. The van der Waals surface area contributed by atoms with Crippen LogP contribution < -0.4 is 22.7 Å². The van der Waals surface area contributed by atoms with Crippen LogP contribution in [0, 0.1) is 0 Å². The zero-order chi connectivity index (χ0) is 8.04. The predicted molar refractivity (Wildman–Crippen MR) is 49.1 cm³/mol. The lowest BCUT2D eigenvalue weighted by atomic mass is 10.3. The lowest BCUT2D eigenvalue weighted by molar-refractivity contribution is -0.890. The first kappa shape index (κ1) is 14.3. The van der Waals surface area contributed by atoms with Gasteiger partial charge in [0, 0.05) is 0 Å². The fraction of sp³-hybridized carbons (Fsp3) is 1.00. The molecule has 70 valence electrons. The third-order valence-corrected chi connectivity index (χ3v) is 1.98. The van der Waals surface area contributed by atoms with Crippen LogP contribution in [-0.4, -0.2) is 37.5 Å². The van der Waals surface area contributed by atoms with Gasteiger partial charge < -0.3 is 21.5 Å². The predicted octanol–water partition coefficient (Wildman–Crippen LogP) is -2.31. The quantitative estimate of drug-likeness (QED) is 0.241. The van der Waals surface area contributed by atoms with E-state index in [1.54, 1.807) is 0 Å². The van der Waals surface area contributed by atoms with Crippen molar-refractivity contribution in [3.8, 4) is 0 Å². The van der Waals surface area contributed by atoms with Gasteiger partial charge in [0.2, 0.25) is 0 Å². The van der Waals surface area contributed by atoms with E-state index < -0.39 is 0 Å². The minimum absolute atomic E-state index is 0. The number of hydrogen-bond donors (Lipinski definition) is 2. The van der Waals surface area contributed by atoms with E-state index in [2.05, 4.69) is 26.7 Å². The third kappa shape index (κ3) is 8.66. The summed E-state index contributed by atoms with van der Waals surface area (Å²) in [6, 6.07) is 0. The van der Waals surface area contributed by atoms with Gasteiger partial charge >= 0.3 is 0 Å². The molecule has 0 aromatic rings. The average molecular weight is 243 g/mol. The maximum atomic E-state index is 5.54. The molecule has 11 heavy (non-hydrogen) atoms. The first-order chi connectivity index (χ1) is 4.62. The molecule has 0 aromatic carbocycles. The maximum absolute atomic E-state index is 5.54. The van der Waals surface area contributed by atoms with E-state index in [1.165, 1.54) is 12.8 Å². The fourth-order valence-electron chi connectivity index (χ4n) is 0.743. The SMILES string of the molecule is C[N+](C)(CN)CCCCS.[Br-]. The second-order valence-corrected chi connectivity index (χ2v) is 3.72. The van der Waals surface area contributed by atoms with Crippen LogP contribution in [0.15, 0.2) is 0 Å². The molecule has 0 unspecified atom stereocenters. The van der Waals surface area contributed by atoms with Crippen molar-refractivity contribution in [3.63, 3.8) is 0 Å². The molecule has 2 nitrogen and oxygen atoms in total. The molecule has 0 spiro atoms. The molecule has 0 atom stereocenters. The monoisotopic (exact) mass is 242 g/mol. The number of nitrogens with two attached hydrogens (primary N) is 1. The van der Waals surface area contributed by atoms with Gasteiger partial charge in [-0.3, -0.25) is 5.73 Å². The Kier molecular flexibility index (Phi) is 9.61. The summed E-state index contributed by atoms with van der Waals surface area (Å²) in [7, 11) is 4.30. The molecule has 0 aliphatic heterocycles. The van der Waals surface area contributed by atoms with E-state index in [0.717, 1.165) is 23.4 Å². The fourth-order valence-corrected chi connectivity index (χ4v) is 0.967. The lowest BCUT2D eigenvalue weighted by Crippen LogP contribution is -3.00. The van der Waals surface area contributed by atoms with Crippen molar-refractivity contribution in [2.45, 2.75) is 12.8 Å². The van der Waals surface area contributed by atoms with Crippen molar-refractivity contribution >= 4 is 12.6 Å². The Labute approximate surface area is 85.9 Å². The maximum Gasteiger partial charge on any atom is 0.129 e. The van der Waals surface area contributed by atoms with Gasteiger partial charge in [0.1, 0.15) is 6.67 Å².